The van der Waals surface area contributed by atoms with Gasteiger partial charge in [0.05, 0.1) is 16.3 Å². The highest BCUT2D eigenvalue weighted by atomic mass is 35.5. The molecule has 1 rings (SSSR count). The zero-order valence-corrected chi connectivity index (χ0v) is 8.51. The third-order valence-electron chi connectivity index (χ3n) is 1.33. The smallest absolute Gasteiger partial charge is 0.332 e. The van der Waals surface area contributed by atoms with Crippen LogP contribution in [0.25, 0.3) is 0 Å². The summed E-state index contributed by atoms with van der Waals surface area (Å²) in [5.41, 5.74) is 7.58. The maximum Gasteiger partial charge on any atom is 0.332 e. The van der Waals surface area contributed by atoms with Crippen molar-refractivity contribution in [3.8, 4) is 0 Å². The molecule has 0 saturated carbocycles. The van der Waals surface area contributed by atoms with Gasteiger partial charge < -0.3 is 5.73 Å². The van der Waals surface area contributed by atoms with Gasteiger partial charge >= 0.3 is 6.03 Å². The molecule has 0 aliphatic rings. The van der Waals surface area contributed by atoms with Crippen LogP contribution in [0.3, 0.4) is 0 Å². The highest BCUT2D eigenvalue weighted by Crippen LogP contribution is 2.21. The van der Waals surface area contributed by atoms with E-state index >= 15 is 0 Å². The summed E-state index contributed by atoms with van der Waals surface area (Å²) in [5.74, 6) is 0. The van der Waals surface area contributed by atoms with E-state index in [0.29, 0.717) is 15.6 Å². The first-order valence-electron chi connectivity index (χ1n) is 3.63. The predicted molar refractivity (Wildman–Crippen MR) is 56.8 cm³/mol. The lowest BCUT2D eigenvalue weighted by atomic mass is 10.2. The number of nitrogens with zero attached hydrogens (tertiary/aromatic N) is 1. The summed E-state index contributed by atoms with van der Waals surface area (Å²) in [6.45, 7) is 0. The number of halogens is 2. The van der Waals surface area contributed by atoms with E-state index in [0.717, 1.165) is 0 Å². The second-order valence-electron chi connectivity index (χ2n) is 2.41. The molecule has 3 N–H and O–H groups in total. The van der Waals surface area contributed by atoms with Gasteiger partial charge in [-0.15, -0.1) is 0 Å². The topological polar surface area (TPSA) is 67.5 Å². The molecule has 0 spiro atoms. The van der Waals surface area contributed by atoms with Crippen LogP contribution in [0, 0.1) is 0 Å². The number of amides is 2. The third kappa shape index (κ3) is 3.24. The fourth-order valence-electron chi connectivity index (χ4n) is 0.763. The third-order valence-corrected chi connectivity index (χ3v) is 2.07. The quantitative estimate of drug-likeness (QED) is 0.594. The normalized spacial score (nSPS) is 10.4. The summed E-state index contributed by atoms with van der Waals surface area (Å²) in [4.78, 5) is 10.3. The van der Waals surface area contributed by atoms with Crippen molar-refractivity contribution in [2.45, 2.75) is 0 Å². The predicted octanol–water partition coefficient (Wildman–Crippen LogP) is 2.00. The number of primary amides is 1. The first-order chi connectivity index (χ1) is 6.59. The summed E-state index contributed by atoms with van der Waals surface area (Å²) in [7, 11) is 0. The number of hydrogen-bond acceptors (Lipinski definition) is 2. The van der Waals surface area contributed by atoms with Crippen molar-refractivity contribution in [1.82, 2.24) is 5.43 Å². The lowest BCUT2D eigenvalue weighted by Crippen LogP contribution is -2.24. The van der Waals surface area contributed by atoms with Crippen molar-refractivity contribution in [3.63, 3.8) is 0 Å². The van der Waals surface area contributed by atoms with E-state index in [1.54, 1.807) is 18.2 Å². The van der Waals surface area contributed by atoms with Crippen molar-refractivity contribution >= 4 is 35.4 Å². The van der Waals surface area contributed by atoms with Crippen molar-refractivity contribution < 1.29 is 4.79 Å². The monoisotopic (exact) mass is 231 g/mol. The van der Waals surface area contributed by atoms with E-state index in [2.05, 4.69) is 10.5 Å². The van der Waals surface area contributed by atoms with Gasteiger partial charge in [-0.1, -0.05) is 29.3 Å². The van der Waals surface area contributed by atoms with Gasteiger partial charge in [-0.25, -0.2) is 10.2 Å². The Bertz CT molecular complexity index is 379. The molecule has 0 bridgehead atoms. The van der Waals surface area contributed by atoms with Gasteiger partial charge in [0.1, 0.15) is 0 Å². The molecule has 2 amide bonds. The van der Waals surface area contributed by atoms with E-state index in [4.69, 9.17) is 28.9 Å². The van der Waals surface area contributed by atoms with Crippen molar-refractivity contribution in [2.24, 2.45) is 10.8 Å². The zero-order valence-electron chi connectivity index (χ0n) is 7.00. The number of rotatable bonds is 2. The van der Waals surface area contributed by atoms with Crippen LogP contribution in [0.2, 0.25) is 10.0 Å². The Labute approximate surface area is 90.7 Å². The average Bonchev–Trinajstić information content (AvgIpc) is 2.10. The molecule has 0 aliphatic heterocycles. The van der Waals surface area contributed by atoms with Crippen LogP contribution >= 0.6 is 23.2 Å². The summed E-state index contributed by atoms with van der Waals surface area (Å²) >= 11 is 11.4. The standard InChI is InChI=1S/C8H7Cl2N3O/c9-6-2-1-5(3-7(6)10)4-12-13-8(11)14/h1-4H,(H3,11,13,14)/b12-4-. The summed E-state index contributed by atoms with van der Waals surface area (Å²) in [6.07, 6.45) is 1.41. The van der Waals surface area contributed by atoms with Crippen molar-refractivity contribution in [3.05, 3.63) is 33.8 Å². The number of nitrogens with two attached hydrogens (primary N) is 1. The molecule has 0 aromatic heterocycles. The SMILES string of the molecule is NC(=O)N/N=C\c1ccc(Cl)c(Cl)c1. The van der Waals surface area contributed by atoms with Crippen LogP contribution in [0.4, 0.5) is 4.79 Å². The molecule has 1 aromatic rings. The molecule has 74 valence electrons. The summed E-state index contributed by atoms with van der Waals surface area (Å²) < 4.78 is 0. The Morgan fingerprint density at radius 1 is 1.43 bits per heavy atom. The van der Waals surface area contributed by atoms with Crippen LogP contribution in [-0.4, -0.2) is 12.2 Å². The minimum absolute atomic E-state index is 0.426. The first-order valence-corrected chi connectivity index (χ1v) is 4.39. The minimum Gasteiger partial charge on any atom is -0.350 e. The number of nitrogens with one attached hydrogen (secondary N) is 1. The molecule has 0 saturated heterocycles. The van der Waals surface area contributed by atoms with Gasteiger partial charge in [-0.3, -0.25) is 0 Å². The van der Waals surface area contributed by atoms with Crippen LogP contribution < -0.4 is 11.2 Å². The Balaban J connectivity index is 2.73. The van der Waals surface area contributed by atoms with Gasteiger partial charge in [0.15, 0.2) is 0 Å². The number of hydrazone groups is 1. The van der Waals surface area contributed by atoms with Crippen LogP contribution in [0.5, 0.6) is 0 Å². The van der Waals surface area contributed by atoms with Gasteiger partial charge in [0.25, 0.3) is 0 Å². The first kappa shape index (κ1) is 10.8. The fraction of sp³-hybridized carbons (Fsp3) is 0. The molecule has 0 aliphatic carbocycles. The minimum atomic E-state index is -0.721. The van der Waals surface area contributed by atoms with Crippen molar-refractivity contribution in [1.29, 1.82) is 0 Å². The molecule has 0 atom stereocenters. The summed E-state index contributed by atoms with van der Waals surface area (Å²) in [6, 6.07) is 4.24. The van der Waals surface area contributed by atoms with Gasteiger partial charge in [0.2, 0.25) is 0 Å². The van der Waals surface area contributed by atoms with Gasteiger partial charge in [-0.05, 0) is 17.7 Å². The van der Waals surface area contributed by atoms with E-state index in [1.165, 1.54) is 6.21 Å². The molecule has 0 unspecified atom stereocenters. The molecule has 0 fully saturated rings. The maximum atomic E-state index is 10.3. The summed E-state index contributed by atoms with van der Waals surface area (Å²) in [5, 5.41) is 4.45. The number of urea groups is 1. The Morgan fingerprint density at radius 2 is 2.14 bits per heavy atom. The number of hydrogen-bond donors (Lipinski definition) is 2. The molecular formula is C8H7Cl2N3O. The molecule has 0 radical (unpaired) electrons. The van der Waals surface area contributed by atoms with Crippen LogP contribution in [0.15, 0.2) is 23.3 Å². The van der Waals surface area contributed by atoms with Gasteiger partial charge in [-0.2, -0.15) is 5.10 Å². The lowest BCUT2D eigenvalue weighted by Gasteiger charge is -1.96. The Kier molecular flexibility index (Phi) is 3.73. The van der Waals surface area contributed by atoms with Crippen molar-refractivity contribution in [2.75, 3.05) is 0 Å². The fourth-order valence-corrected chi connectivity index (χ4v) is 1.07. The lowest BCUT2D eigenvalue weighted by molar-refractivity contribution is 0.249. The number of carbonyl (C=O) groups excluding carboxylic acids is 1. The number of benzene rings is 1. The van der Waals surface area contributed by atoms with E-state index < -0.39 is 6.03 Å². The van der Waals surface area contributed by atoms with Gasteiger partial charge in [0, 0.05) is 0 Å². The molecule has 1 aromatic carbocycles. The molecule has 4 nitrogen and oxygen atoms in total. The molecule has 14 heavy (non-hydrogen) atoms. The Morgan fingerprint density at radius 3 is 2.71 bits per heavy atom. The van der Waals surface area contributed by atoms with Crippen LogP contribution in [0.1, 0.15) is 5.56 Å². The average molecular weight is 232 g/mol. The molecule has 0 heterocycles. The molecule has 6 heteroatoms. The molecular weight excluding hydrogens is 225 g/mol. The second-order valence-corrected chi connectivity index (χ2v) is 3.22. The van der Waals surface area contributed by atoms with E-state index in [-0.39, 0.29) is 0 Å². The highest BCUT2D eigenvalue weighted by molar-refractivity contribution is 6.42. The Hall–Kier alpha value is -1.26. The second kappa shape index (κ2) is 4.83. The number of carbonyl (C=O) groups is 1. The highest BCUT2D eigenvalue weighted by Gasteiger charge is 1.96. The largest absolute Gasteiger partial charge is 0.350 e. The van der Waals surface area contributed by atoms with E-state index in [9.17, 15) is 4.79 Å². The van der Waals surface area contributed by atoms with Crippen LogP contribution in [-0.2, 0) is 0 Å². The maximum absolute atomic E-state index is 10.3. The zero-order chi connectivity index (χ0) is 10.6. The van der Waals surface area contributed by atoms with E-state index in [1.807, 2.05) is 0 Å².